The lowest BCUT2D eigenvalue weighted by Crippen LogP contribution is -2.53. The van der Waals surface area contributed by atoms with Crippen molar-refractivity contribution in [2.24, 2.45) is 10.9 Å². The molecule has 1 saturated heterocycles. The monoisotopic (exact) mass is 531 g/mol. The molecule has 0 radical (unpaired) electrons. The van der Waals surface area contributed by atoms with Crippen molar-refractivity contribution >= 4 is 35.8 Å². The number of methoxy groups -OCH3 is 1. The third-order valence-electron chi connectivity index (χ3n) is 5.01. The minimum Gasteiger partial charge on any atom is -0.497 e. The van der Waals surface area contributed by atoms with Gasteiger partial charge in [-0.25, -0.2) is 4.99 Å². The molecule has 0 saturated carbocycles. The number of nitrogens with one attached hydrogen (secondary N) is 1. The summed E-state index contributed by atoms with van der Waals surface area (Å²) in [6.45, 7) is 10.5. The van der Waals surface area contributed by atoms with Crippen LogP contribution in [0, 0.1) is 5.92 Å². The minimum absolute atomic E-state index is 0. The van der Waals surface area contributed by atoms with Gasteiger partial charge in [0.1, 0.15) is 12.3 Å². The van der Waals surface area contributed by atoms with Gasteiger partial charge in [-0.3, -0.25) is 9.69 Å². The highest BCUT2D eigenvalue weighted by Crippen LogP contribution is 2.11. The molecule has 0 bridgehead atoms. The fourth-order valence-electron chi connectivity index (χ4n) is 3.32. The number of nitrogens with zero attached hydrogens (tertiary/aromatic N) is 4. The number of piperazine rings is 1. The molecular weight excluding hydrogens is 493 g/mol. The first-order valence-corrected chi connectivity index (χ1v) is 10.5. The first-order valence-electron chi connectivity index (χ1n) is 10.5. The average molecular weight is 531 g/mol. The molecule has 0 unspecified atom stereocenters. The summed E-state index contributed by atoms with van der Waals surface area (Å²) in [5, 5.41) is 3.47. The van der Waals surface area contributed by atoms with Gasteiger partial charge in [0, 0.05) is 53.4 Å². The number of halogens is 1. The third-order valence-corrected chi connectivity index (χ3v) is 5.01. The molecule has 1 aromatic rings. The first kappa shape index (κ1) is 26.5. The van der Waals surface area contributed by atoms with Crippen molar-refractivity contribution in [3.8, 4) is 5.75 Å². The summed E-state index contributed by atoms with van der Waals surface area (Å²) in [4.78, 5) is 23.0. The Morgan fingerprint density at radius 1 is 1.17 bits per heavy atom. The Bertz CT molecular complexity index is 656. The quantitative estimate of drug-likeness (QED) is 0.317. The van der Waals surface area contributed by atoms with Crippen LogP contribution in [0.25, 0.3) is 0 Å². The zero-order valence-corrected chi connectivity index (χ0v) is 21.4. The Hall–Kier alpha value is -1.55. The van der Waals surface area contributed by atoms with Crippen LogP contribution in [0.5, 0.6) is 5.75 Å². The van der Waals surface area contributed by atoms with Crippen LogP contribution in [0.3, 0.4) is 0 Å². The zero-order chi connectivity index (χ0) is 21.2. The highest BCUT2D eigenvalue weighted by molar-refractivity contribution is 14.0. The Morgan fingerprint density at radius 3 is 2.33 bits per heavy atom. The van der Waals surface area contributed by atoms with E-state index in [4.69, 9.17) is 4.74 Å². The van der Waals surface area contributed by atoms with Gasteiger partial charge in [-0.05, 0) is 30.0 Å². The smallest absolute Gasteiger partial charge is 0.243 e. The zero-order valence-electron chi connectivity index (χ0n) is 19.1. The number of carbonyl (C=O) groups excluding carboxylic acids is 1. The maximum atomic E-state index is 12.0. The van der Waals surface area contributed by atoms with Crippen LogP contribution in [0.1, 0.15) is 19.4 Å². The van der Waals surface area contributed by atoms with E-state index in [0.29, 0.717) is 5.92 Å². The van der Waals surface area contributed by atoms with Crippen LogP contribution >= 0.6 is 24.0 Å². The number of amides is 1. The van der Waals surface area contributed by atoms with E-state index in [1.54, 1.807) is 26.1 Å². The van der Waals surface area contributed by atoms with Crippen LogP contribution in [0.2, 0.25) is 0 Å². The number of hydrogen-bond acceptors (Lipinski definition) is 4. The summed E-state index contributed by atoms with van der Waals surface area (Å²) < 4.78 is 5.22. The summed E-state index contributed by atoms with van der Waals surface area (Å²) >= 11 is 0. The molecule has 0 aliphatic carbocycles. The number of guanidine groups is 1. The van der Waals surface area contributed by atoms with E-state index in [9.17, 15) is 4.79 Å². The molecule has 1 amide bonds. The van der Waals surface area contributed by atoms with Crippen molar-refractivity contribution in [2.45, 2.75) is 20.3 Å². The maximum Gasteiger partial charge on any atom is 0.243 e. The van der Waals surface area contributed by atoms with Gasteiger partial charge in [0.25, 0.3) is 0 Å². The number of aliphatic imine (C=N–C) groups is 1. The van der Waals surface area contributed by atoms with Crippen LogP contribution in [0.15, 0.2) is 29.3 Å². The Labute approximate surface area is 198 Å². The number of carbonyl (C=O) groups is 1. The molecule has 0 atom stereocenters. The van der Waals surface area contributed by atoms with Gasteiger partial charge in [0.05, 0.1) is 7.11 Å². The molecule has 7 nitrogen and oxygen atoms in total. The number of benzene rings is 1. The lowest BCUT2D eigenvalue weighted by Gasteiger charge is -2.37. The summed E-state index contributed by atoms with van der Waals surface area (Å²) in [6, 6.07) is 8.12. The van der Waals surface area contributed by atoms with E-state index in [1.165, 1.54) is 5.56 Å². The Kier molecular flexibility index (Phi) is 12.1. The number of hydrogen-bond donors (Lipinski definition) is 1. The van der Waals surface area contributed by atoms with Gasteiger partial charge < -0.3 is 19.9 Å². The molecule has 1 fully saturated rings. The van der Waals surface area contributed by atoms with E-state index in [1.807, 2.05) is 12.1 Å². The Balaban J connectivity index is 0.00000450. The first-order chi connectivity index (χ1) is 13.9. The van der Waals surface area contributed by atoms with Gasteiger partial charge in [0.15, 0.2) is 5.96 Å². The molecule has 1 heterocycles. The summed E-state index contributed by atoms with van der Waals surface area (Å²) in [5.74, 6) is 2.39. The molecule has 0 spiro atoms. The number of likely N-dealkylation sites (N-methyl/N-ethyl adjacent to an activating group) is 1. The predicted molar refractivity (Wildman–Crippen MR) is 134 cm³/mol. The van der Waals surface area contributed by atoms with E-state index in [2.05, 4.69) is 46.1 Å². The number of ether oxygens (including phenoxy) is 1. The fourth-order valence-corrected chi connectivity index (χ4v) is 3.32. The molecule has 2 rings (SSSR count). The van der Waals surface area contributed by atoms with Crippen molar-refractivity contribution in [2.75, 3.05) is 67.0 Å². The van der Waals surface area contributed by atoms with Crippen LogP contribution in [-0.4, -0.2) is 93.6 Å². The van der Waals surface area contributed by atoms with Gasteiger partial charge in [-0.1, -0.05) is 26.0 Å². The maximum absolute atomic E-state index is 12.0. The lowest BCUT2D eigenvalue weighted by atomic mass is 10.1. The highest BCUT2D eigenvalue weighted by Gasteiger charge is 2.20. The van der Waals surface area contributed by atoms with Gasteiger partial charge in [-0.15, -0.1) is 24.0 Å². The molecule has 1 aromatic carbocycles. The van der Waals surface area contributed by atoms with Crippen molar-refractivity contribution in [1.29, 1.82) is 0 Å². The van der Waals surface area contributed by atoms with Gasteiger partial charge in [-0.2, -0.15) is 0 Å². The fraction of sp³-hybridized carbons (Fsp3) is 0.636. The Morgan fingerprint density at radius 2 is 1.80 bits per heavy atom. The molecule has 0 aromatic heterocycles. The van der Waals surface area contributed by atoms with E-state index >= 15 is 0 Å². The summed E-state index contributed by atoms with van der Waals surface area (Å²) in [6.07, 6.45) is 0.887. The molecule has 1 aliphatic rings. The van der Waals surface area contributed by atoms with E-state index < -0.39 is 0 Å². The minimum atomic E-state index is 0. The van der Waals surface area contributed by atoms with Crippen molar-refractivity contribution < 1.29 is 9.53 Å². The normalized spacial score (nSPS) is 15.0. The van der Waals surface area contributed by atoms with Crippen molar-refractivity contribution in [3.63, 3.8) is 0 Å². The molecular formula is C22H38IN5O2. The molecule has 8 heteroatoms. The topological polar surface area (TPSA) is 60.4 Å². The third kappa shape index (κ3) is 9.07. The second kappa shape index (κ2) is 13.7. The van der Waals surface area contributed by atoms with Crippen LogP contribution < -0.4 is 10.1 Å². The van der Waals surface area contributed by atoms with Crippen molar-refractivity contribution in [1.82, 2.24) is 20.0 Å². The predicted octanol–water partition coefficient (Wildman–Crippen LogP) is 2.16. The second-order valence-electron chi connectivity index (χ2n) is 8.13. The van der Waals surface area contributed by atoms with E-state index in [-0.39, 0.29) is 36.4 Å². The number of rotatable bonds is 8. The molecule has 170 valence electrons. The molecule has 1 aliphatic heterocycles. The van der Waals surface area contributed by atoms with Gasteiger partial charge in [0.2, 0.25) is 5.91 Å². The van der Waals surface area contributed by atoms with Gasteiger partial charge >= 0.3 is 0 Å². The summed E-state index contributed by atoms with van der Waals surface area (Å²) in [7, 11) is 5.20. The van der Waals surface area contributed by atoms with Crippen molar-refractivity contribution in [3.05, 3.63) is 29.8 Å². The largest absolute Gasteiger partial charge is 0.497 e. The summed E-state index contributed by atoms with van der Waals surface area (Å²) in [5.41, 5.74) is 1.24. The van der Waals surface area contributed by atoms with Crippen LogP contribution in [0.4, 0.5) is 0 Å². The standard InChI is InChI=1S/C22H37N5O2.HI/c1-18(2)17-26-12-14-27(15-13-26)22(24-16-21(28)25(3)4)23-11-10-19-6-8-20(29-5)9-7-19;/h6-9,18H,10-17H2,1-5H3,(H,23,24);1H. The second-order valence-corrected chi connectivity index (χ2v) is 8.13. The van der Waals surface area contributed by atoms with E-state index in [0.717, 1.165) is 57.4 Å². The lowest BCUT2D eigenvalue weighted by molar-refractivity contribution is -0.127. The average Bonchev–Trinajstić information content (AvgIpc) is 2.71. The molecule has 1 N–H and O–H groups in total. The van der Waals surface area contributed by atoms with Crippen LogP contribution in [-0.2, 0) is 11.2 Å². The molecule has 30 heavy (non-hydrogen) atoms. The SMILES string of the molecule is COc1ccc(CCNC(=NCC(=O)N(C)C)N2CCN(CC(C)C)CC2)cc1.I. The highest BCUT2D eigenvalue weighted by atomic mass is 127.